The van der Waals surface area contributed by atoms with Gasteiger partial charge in [-0.15, -0.1) is 0 Å². The highest BCUT2D eigenvalue weighted by Crippen LogP contribution is 2.22. The predicted molar refractivity (Wildman–Crippen MR) is 94.9 cm³/mol. The first kappa shape index (κ1) is 17.4. The van der Waals surface area contributed by atoms with Gasteiger partial charge in [0.1, 0.15) is 0 Å². The highest BCUT2D eigenvalue weighted by molar-refractivity contribution is 5.94. The van der Waals surface area contributed by atoms with Crippen molar-refractivity contribution >= 4 is 5.91 Å². The summed E-state index contributed by atoms with van der Waals surface area (Å²) in [6.45, 7) is 7.20. The van der Waals surface area contributed by atoms with Crippen molar-refractivity contribution in [2.75, 3.05) is 32.8 Å². The molecule has 2 heterocycles. The van der Waals surface area contributed by atoms with Crippen LogP contribution in [0.4, 0.5) is 0 Å². The molecule has 2 saturated heterocycles. The number of nitrogens with two attached hydrogens (primary N) is 1. The van der Waals surface area contributed by atoms with Crippen LogP contribution < -0.4 is 5.73 Å². The molecular weight excluding hydrogens is 302 g/mol. The normalized spacial score (nSPS) is 23.9. The van der Waals surface area contributed by atoms with Crippen LogP contribution in [-0.4, -0.2) is 60.6 Å². The van der Waals surface area contributed by atoms with Crippen LogP contribution in [0.3, 0.4) is 0 Å². The summed E-state index contributed by atoms with van der Waals surface area (Å²) in [7, 11) is 0. The Kier molecular flexibility index (Phi) is 5.87. The fraction of sp³-hybridized carbons (Fsp3) is 0.632. The highest BCUT2D eigenvalue weighted by atomic mass is 16.5. The summed E-state index contributed by atoms with van der Waals surface area (Å²) in [6, 6.07) is 8.25. The first-order valence-electron chi connectivity index (χ1n) is 9.11. The third kappa shape index (κ3) is 4.15. The van der Waals surface area contributed by atoms with Crippen LogP contribution in [0.25, 0.3) is 0 Å². The molecule has 1 aromatic carbocycles. The van der Waals surface area contributed by atoms with E-state index in [1.54, 1.807) is 0 Å². The van der Waals surface area contributed by atoms with Crippen LogP contribution in [0.1, 0.15) is 42.1 Å². The Balaban J connectivity index is 1.71. The Morgan fingerprint density at radius 3 is 2.83 bits per heavy atom. The van der Waals surface area contributed by atoms with Gasteiger partial charge in [-0.1, -0.05) is 12.1 Å². The summed E-state index contributed by atoms with van der Waals surface area (Å²) < 4.78 is 5.40. The number of carbonyl (C=O) groups excluding carboxylic acids is 1. The van der Waals surface area contributed by atoms with E-state index >= 15 is 0 Å². The molecule has 2 unspecified atom stereocenters. The molecule has 0 saturated carbocycles. The van der Waals surface area contributed by atoms with Crippen molar-refractivity contribution in [1.82, 2.24) is 9.80 Å². The smallest absolute Gasteiger partial charge is 0.254 e. The number of benzene rings is 1. The number of likely N-dealkylation sites (tertiary alicyclic amines) is 1. The maximum atomic E-state index is 13.0. The second kappa shape index (κ2) is 8.10. The van der Waals surface area contributed by atoms with E-state index in [0.717, 1.165) is 64.2 Å². The zero-order valence-electron chi connectivity index (χ0n) is 14.6. The Hall–Kier alpha value is -1.43. The van der Waals surface area contributed by atoms with E-state index in [-0.39, 0.29) is 18.0 Å². The van der Waals surface area contributed by atoms with Gasteiger partial charge in [-0.3, -0.25) is 9.69 Å². The number of rotatable bonds is 4. The van der Waals surface area contributed by atoms with Gasteiger partial charge in [-0.25, -0.2) is 0 Å². The Bertz CT molecular complexity index is 555. The lowest BCUT2D eigenvalue weighted by molar-refractivity contribution is 0.0341. The zero-order chi connectivity index (χ0) is 16.9. The van der Waals surface area contributed by atoms with E-state index in [4.69, 9.17) is 10.5 Å². The Morgan fingerprint density at radius 1 is 1.29 bits per heavy atom. The number of ether oxygens (including phenoxy) is 1. The lowest BCUT2D eigenvalue weighted by Gasteiger charge is -2.38. The van der Waals surface area contributed by atoms with Crippen molar-refractivity contribution in [3.8, 4) is 0 Å². The van der Waals surface area contributed by atoms with Gasteiger partial charge in [0, 0.05) is 43.8 Å². The minimum absolute atomic E-state index is 0.0192. The van der Waals surface area contributed by atoms with Crippen molar-refractivity contribution < 1.29 is 9.53 Å². The lowest BCUT2D eigenvalue weighted by Crippen LogP contribution is -2.51. The molecule has 132 valence electrons. The summed E-state index contributed by atoms with van der Waals surface area (Å²) in [5.74, 6) is 0.126. The second-order valence-electron chi connectivity index (χ2n) is 7.01. The van der Waals surface area contributed by atoms with Crippen LogP contribution in [0, 0.1) is 0 Å². The minimum atomic E-state index is 0.0192. The van der Waals surface area contributed by atoms with E-state index in [0.29, 0.717) is 0 Å². The molecule has 0 aliphatic carbocycles. The maximum Gasteiger partial charge on any atom is 0.254 e. The van der Waals surface area contributed by atoms with Crippen LogP contribution in [-0.2, 0) is 11.3 Å². The van der Waals surface area contributed by atoms with Crippen molar-refractivity contribution in [3.05, 3.63) is 35.4 Å². The quantitative estimate of drug-likeness (QED) is 0.915. The number of hydrogen-bond acceptors (Lipinski definition) is 4. The molecule has 0 radical (unpaired) electrons. The van der Waals surface area contributed by atoms with E-state index in [9.17, 15) is 4.79 Å². The standard InChI is InChI=1S/C19H29N3O2/c1-15(20)18-7-2-3-8-22(18)19(23)17-6-4-5-16(13-17)14-21-9-11-24-12-10-21/h4-6,13,15,18H,2-3,7-12,14,20H2,1H3. The lowest BCUT2D eigenvalue weighted by atomic mass is 9.95. The van der Waals surface area contributed by atoms with Crippen LogP contribution in [0.15, 0.2) is 24.3 Å². The number of morpholine rings is 1. The number of piperidine rings is 1. The molecule has 0 bridgehead atoms. The predicted octanol–water partition coefficient (Wildman–Crippen LogP) is 1.86. The van der Waals surface area contributed by atoms with Gasteiger partial charge in [0.15, 0.2) is 0 Å². The fourth-order valence-electron chi connectivity index (χ4n) is 3.74. The maximum absolute atomic E-state index is 13.0. The number of hydrogen-bond donors (Lipinski definition) is 1. The second-order valence-corrected chi connectivity index (χ2v) is 7.01. The molecule has 1 amide bonds. The minimum Gasteiger partial charge on any atom is -0.379 e. The Labute approximate surface area is 144 Å². The molecule has 0 spiro atoms. The van der Waals surface area contributed by atoms with Crippen molar-refractivity contribution in [3.63, 3.8) is 0 Å². The first-order valence-corrected chi connectivity index (χ1v) is 9.11. The van der Waals surface area contributed by atoms with Crippen LogP contribution >= 0.6 is 0 Å². The summed E-state index contributed by atoms with van der Waals surface area (Å²) in [5, 5.41) is 0. The molecule has 1 aromatic rings. The molecular formula is C19H29N3O2. The highest BCUT2D eigenvalue weighted by Gasteiger charge is 2.29. The SMILES string of the molecule is CC(N)C1CCCCN1C(=O)c1cccc(CN2CCOCC2)c1. The molecule has 2 N–H and O–H groups in total. The van der Waals surface area contributed by atoms with Crippen LogP contribution in [0.5, 0.6) is 0 Å². The van der Waals surface area contributed by atoms with E-state index in [1.165, 1.54) is 5.56 Å². The number of carbonyl (C=O) groups is 1. The first-order chi connectivity index (χ1) is 11.6. The number of nitrogens with zero attached hydrogens (tertiary/aromatic N) is 2. The van der Waals surface area contributed by atoms with Gasteiger partial charge in [-0.05, 0) is 43.9 Å². The molecule has 24 heavy (non-hydrogen) atoms. The third-order valence-electron chi connectivity index (χ3n) is 5.10. The number of amides is 1. The van der Waals surface area contributed by atoms with Gasteiger partial charge < -0.3 is 15.4 Å². The largest absolute Gasteiger partial charge is 0.379 e. The van der Waals surface area contributed by atoms with E-state index in [2.05, 4.69) is 11.0 Å². The molecule has 5 heteroatoms. The summed E-state index contributed by atoms with van der Waals surface area (Å²) in [4.78, 5) is 17.4. The van der Waals surface area contributed by atoms with Gasteiger partial charge in [0.2, 0.25) is 0 Å². The molecule has 2 fully saturated rings. The monoisotopic (exact) mass is 331 g/mol. The van der Waals surface area contributed by atoms with Crippen molar-refractivity contribution in [1.29, 1.82) is 0 Å². The van der Waals surface area contributed by atoms with Gasteiger partial charge >= 0.3 is 0 Å². The molecule has 3 rings (SSSR count). The summed E-state index contributed by atoms with van der Waals surface area (Å²) in [6.07, 6.45) is 3.24. The van der Waals surface area contributed by atoms with E-state index < -0.39 is 0 Å². The van der Waals surface area contributed by atoms with Crippen LogP contribution in [0.2, 0.25) is 0 Å². The van der Waals surface area contributed by atoms with Gasteiger partial charge in [-0.2, -0.15) is 0 Å². The molecule has 2 aliphatic heterocycles. The molecule has 5 nitrogen and oxygen atoms in total. The zero-order valence-corrected chi connectivity index (χ0v) is 14.6. The summed E-state index contributed by atoms with van der Waals surface area (Å²) >= 11 is 0. The Morgan fingerprint density at radius 2 is 2.08 bits per heavy atom. The van der Waals surface area contributed by atoms with E-state index in [1.807, 2.05) is 30.0 Å². The van der Waals surface area contributed by atoms with Gasteiger partial charge in [0.05, 0.1) is 13.2 Å². The summed E-state index contributed by atoms with van der Waals surface area (Å²) in [5.41, 5.74) is 8.09. The molecule has 2 aliphatic rings. The molecule has 0 aromatic heterocycles. The third-order valence-corrected chi connectivity index (χ3v) is 5.10. The average Bonchev–Trinajstić information content (AvgIpc) is 2.62. The average molecular weight is 331 g/mol. The molecule has 2 atom stereocenters. The topological polar surface area (TPSA) is 58.8 Å². The van der Waals surface area contributed by atoms with Crippen molar-refractivity contribution in [2.45, 2.75) is 44.8 Å². The van der Waals surface area contributed by atoms with Crippen molar-refractivity contribution in [2.24, 2.45) is 5.73 Å². The van der Waals surface area contributed by atoms with Gasteiger partial charge in [0.25, 0.3) is 5.91 Å². The fourth-order valence-corrected chi connectivity index (χ4v) is 3.74.